The summed E-state index contributed by atoms with van der Waals surface area (Å²) < 4.78 is 0.990. The molecule has 1 nitrogen and oxygen atoms in total. The highest BCUT2D eigenvalue weighted by Gasteiger charge is 2.10. The molecule has 0 N–H and O–H groups in total. The first-order valence-corrected chi connectivity index (χ1v) is 6.40. The zero-order chi connectivity index (χ0) is 10.1. The van der Waals surface area contributed by atoms with Crippen LogP contribution in [0.1, 0.15) is 5.56 Å². The second kappa shape index (κ2) is 3.82. The van der Waals surface area contributed by atoms with Crippen LogP contribution in [0.2, 0.25) is 5.02 Å². The normalized spacial score (nSPS) is 10.4. The van der Waals surface area contributed by atoms with Gasteiger partial charge in [0.05, 0.1) is 15.3 Å². The average Bonchev–Trinajstić information content (AvgIpc) is 2.60. The molecule has 0 bridgehead atoms. The minimum absolute atomic E-state index is 0.537. The van der Waals surface area contributed by atoms with Gasteiger partial charge in [-0.25, -0.2) is 0 Å². The predicted molar refractivity (Wildman–Crippen MR) is 63.3 cm³/mol. The molecule has 0 saturated heterocycles. The van der Waals surface area contributed by atoms with Crippen molar-refractivity contribution in [3.8, 4) is 6.07 Å². The standard InChI is InChI=1S/C10H6ClNS2/c1-13-9-5-14-10-6(9)2-3-8(11)7(10)4-12/h2-3,5H,1H3. The molecule has 14 heavy (non-hydrogen) atoms. The van der Waals surface area contributed by atoms with E-state index in [2.05, 4.69) is 11.4 Å². The van der Waals surface area contributed by atoms with Crippen LogP contribution >= 0.6 is 34.7 Å². The molecule has 0 fully saturated rings. The van der Waals surface area contributed by atoms with Gasteiger partial charge in [0.2, 0.25) is 0 Å². The lowest BCUT2D eigenvalue weighted by Gasteiger charge is -1.97. The molecule has 2 rings (SSSR count). The van der Waals surface area contributed by atoms with Crippen LogP contribution in [0.15, 0.2) is 22.4 Å². The van der Waals surface area contributed by atoms with Crippen molar-refractivity contribution in [1.29, 1.82) is 5.26 Å². The van der Waals surface area contributed by atoms with E-state index in [9.17, 15) is 0 Å². The molecule has 1 aromatic carbocycles. The maximum atomic E-state index is 8.96. The van der Waals surface area contributed by atoms with E-state index >= 15 is 0 Å². The lowest BCUT2D eigenvalue weighted by Crippen LogP contribution is -1.77. The van der Waals surface area contributed by atoms with Gasteiger partial charge in [-0.05, 0) is 12.3 Å². The summed E-state index contributed by atoms with van der Waals surface area (Å²) in [5, 5.41) is 12.7. The second-order valence-electron chi connectivity index (χ2n) is 2.71. The maximum Gasteiger partial charge on any atom is 0.102 e. The topological polar surface area (TPSA) is 23.8 Å². The number of rotatable bonds is 1. The predicted octanol–water partition coefficient (Wildman–Crippen LogP) is 4.15. The van der Waals surface area contributed by atoms with Gasteiger partial charge in [0.1, 0.15) is 6.07 Å². The first kappa shape index (κ1) is 9.85. The number of nitriles is 1. The van der Waals surface area contributed by atoms with Crippen molar-refractivity contribution in [2.24, 2.45) is 0 Å². The minimum Gasteiger partial charge on any atom is -0.192 e. The molecule has 0 saturated carbocycles. The molecule has 1 heterocycles. The van der Waals surface area contributed by atoms with E-state index in [-0.39, 0.29) is 0 Å². The van der Waals surface area contributed by atoms with E-state index in [0.29, 0.717) is 10.6 Å². The lowest BCUT2D eigenvalue weighted by atomic mass is 10.2. The Labute approximate surface area is 95.3 Å². The van der Waals surface area contributed by atoms with E-state index in [1.165, 1.54) is 4.90 Å². The van der Waals surface area contributed by atoms with Crippen molar-refractivity contribution in [2.45, 2.75) is 4.90 Å². The molecule has 0 unspecified atom stereocenters. The molecule has 0 amide bonds. The van der Waals surface area contributed by atoms with Crippen molar-refractivity contribution in [1.82, 2.24) is 0 Å². The van der Waals surface area contributed by atoms with Crippen LogP contribution in [0.5, 0.6) is 0 Å². The number of thiophene rings is 1. The van der Waals surface area contributed by atoms with Crippen LogP contribution in [0.3, 0.4) is 0 Å². The van der Waals surface area contributed by atoms with Crippen molar-refractivity contribution in [3.05, 3.63) is 28.1 Å². The SMILES string of the molecule is CSc1csc2c(C#N)c(Cl)ccc12. The third-order valence-corrected chi connectivity index (χ3v) is 4.24. The highest BCUT2D eigenvalue weighted by Crippen LogP contribution is 2.36. The van der Waals surface area contributed by atoms with Gasteiger partial charge in [0.25, 0.3) is 0 Å². The highest BCUT2D eigenvalue weighted by atomic mass is 35.5. The number of fused-ring (bicyclic) bond motifs is 1. The molecule has 0 radical (unpaired) electrons. The van der Waals surface area contributed by atoms with Crippen molar-refractivity contribution < 1.29 is 0 Å². The van der Waals surface area contributed by atoms with Gasteiger partial charge in [-0.1, -0.05) is 17.7 Å². The van der Waals surface area contributed by atoms with E-state index in [1.54, 1.807) is 29.2 Å². The van der Waals surface area contributed by atoms with Crippen LogP contribution in [-0.4, -0.2) is 6.26 Å². The maximum absolute atomic E-state index is 8.96. The van der Waals surface area contributed by atoms with Gasteiger partial charge < -0.3 is 0 Å². The smallest absolute Gasteiger partial charge is 0.102 e. The Hall–Kier alpha value is -0.690. The summed E-state index contributed by atoms with van der Waals surface area (Å²) in [6.07, 6.45) is 2.03. The number of thioether (sulfide) groups is 1. The molecule has 0 aliphatic heterocycles. The zero-order valence-corrected chi connectivity index (χ0v) is 9.76. The third kappa shape index (κ3) is 1.40. The molecule has 2 aromatic rings. The van der Waals surface area contributed by atoms with Gasteiger partial charge in [-0.2, -0.15) is 5.26 Å². The molecule has 1 aromatic heterocycles. The number of halogens is 1. The van der Waals surface area contributed by atoms with Crippen LogP contribution in [0.25, 0.3) is 10.1 Å². The summed E-state index contributed by atoms with van der Waals surface area (Å²) in [6, 6.07) is 5.90. The molecule has 0 atom stereocenters. The molecule has 0 aliphatic rings. The van der Waals surface area contributed by atoms with E-state index in [4.69, 9.17) is 16.9 Å². The van der Waals surface area contributed by atoms with Crippen molar-refractivity contribution in [2.75, 3.05) is 6.26 Å². The first-order valence-electron chi connectivity index (χ1n) is 3.91. The minimum atomic E-state index is 0.537. The van der Waals surface area contributed by atoms with Crippen LogP contribution in [0.4, 0.5) is 0 Å². The van der Waals surface area contributed by atoms with E-state index in [1.807, 2.05) is 12.3 Å². The Balaban J connectivity index is 2.85. The molecular weight excluding hydrogens is 234 g/mol. The van der Waals surface area contributed by atoms with E-state index < -0.39 is 0 Å². The van der Waals surface area contributed by atoms with Crippen LogP contribution in [-0.2, 0) is 0 Å². The van der Waals surface area contributed by atoms with Gasteiger partial charge in [0.15, 0.2) is 0 Å². The highest BCUT2D eigenvalue weighted by molar-refractivity contribution is 7.99. The summed E-state index contributed by atoms with van der Waals surface area (Å²) in [5.41, 5.74) is 0.592. The number of nitrogens with zero attached hydrogens (tertiary/aromatic N) is 1. The van der Waals surface area contributed by atoms with Crippen molar-refractivity contribution in [3.63, 3.8) is 0 Å². The number of hydrogen-bond acceptors (Lipinski definition) is 3. The Morgan fingerprint density at radius 3 is 2.93 bits per heavy atom. The number of hydrogen-bond donors (Lipinski definition) is 0. The zero-order valence-electron chi connectivity index (χ0n) is 7.37. The molecule has 70 valence electrons. The van der Waals surface area contributed by atoms with Crippen molar-refractivity contribution >= 4 is 44.8 Å². The lowest BCUT2D eigenvalue weighted by molar-refractivity contribution is 1.51. The average molecular weight is 240 g/mol. The fourth-order valence-electron chi connectivity index (χ4n) is 1.31. The Bertz CT molecular complexity index is 525. The van der Waals surface area contributed by atoms with Gasteiger partial charge in [-0.15, -0.1) is 23.1 Å². The van der Waals surface area contributed by atoms with Gasteiger partial charge >= 0.3 is 0 Å². The van der Waals surface area contributed by atoms with E-state index in [0.717, 1.165) is 10.1 Å². The monoisotopic (exact) mass is 239 g/mol. The molecule has 0 aliphatic carbocycles. The fraction of sp³-hybridized carbons (Fsp3) is 0.100. The molecule has 4 heteroatoms. The summed E-state index contributed by atoms with van der Waals surface area (Å²) in [6.45, 7) is 0. The Kier molecular flexibility index (Phi) is 2.69. The largest absolute Gasteiger partial charge is 0.192 e. The quantitative estimate of drug-likeness (QED) is 0.698. The summed E-state index contributed by atoms with van der Waals surface area (Å²) in [5.74, 6) is 0. The molecule has 0 spiro atoms. The van der Waals surface area contributed by atoms with Crippen LogP contribution in [0, 0.1) is 11.3 Å². The summed E-state index contributed by atoms with van der Waals surface area (Å²) in [4.78, 5) is 1.21. The van der Waals surface area contributed by atoms with Gasteiger partial charge in [0, 0.05) is 15.7 Å². The Morgan fingerprint density at radius 2 is 2.29 bits per heavy atom. The summed E-state index contributed by atoms with van der Waals surface area (Å²) in [7, 11) is 0. The fourth-order valence-corrected chi connectivity index (χ4v) is 3.48. The third-order valence-electron chi connectivity index (χ3n) is 1.99. The second-order valence-corrected chi connectivity index (χ2v) is 4.85. The van der Waals surface area contributed by atoms with Gasteiger partial charge in [-0.3, -0.25) is 0 Å². The first-order chi connectivity index (χ1) is 6.77. The molecular formula is C10H6ClNS2. The summed E-state index contributed by atoms with van der Waals surface area (Å²) >= 11 is 9.20. The van der Waals surface area contributed by atoms with Crippen LogP contribution < -0.4 is 0 Å². The number of benzene rings is 1. The Morgan fingerprint density at radius 1 is 1.50 bits per heavy atom.